The highest BCUT2D eigenvalue weighted by molar-refractivity contribution is 5.65. The second-order valence-electron chi connectivity index (χ2n) is 8.29. The molecule has 4 aromatic rings. The van der Waals surface area contributed by atoms with E-state index in [1.54, 1.807) is 30.6 Å². The molecule has 1 saturated heterocycles. The summed E-state index contributed by atoms with van der Waals surface area (Å²) in [5, 5.41) is 6.33. The molecule has 10 heteroatoms. The molecule has 180 valence electrons. The summed E-state index contributed by atoms with van der Waals surface area (Å²) in [7, 11) is 0. The SMILES string of the molecule is Fc1ccc(-c2ncc(-c3ccnc(Nc4ccc(C(F)(F)F)cc4)n3)n2C2CCNCC2)cc1. The summed E-state index contributed by atoms with van der Waals surface area (Å²) in [4.78, 5) is 13.5. The largest absolute Gasteiger partial charge is 0.416 e. The molecule has 0 atom stereocenters. The first-order chi connectivity index (χ1) is 16.9. The van der Waals surface area contributed by atoms with Crippen LogP contribution in [-0.2, 0) is 6.18 Å². The van der Waals surface area contributed by atoms with Gasteiger partial charge in [-0.25, -0.2) is 19.3 Å². The number of halogens is 4. The zero-order valence-electron chi connectivity index (χ0n) is 18.6. The first kappa shape index (κ1) is 23.0. The number of alkyl halides is 3. The summed E-state index contributed by atoms with van der Waals surface area (Å²) in [5.41, 5.74) is 1.92. The summed E-state index contributed by atoms with van der Waals surface area (Å²) >= 11 is 0. The minimum Gasteiger partial charge on any atom is -0.324 e. The Bertz CT molecular complexity index is 1290. The molecule has 2 aromatic carbocycles. The molecule has 0 saturated carbocycles. The summed E-state index contributed by atoms with van der Waals surface area (Å²) in [5.74, 6) is 0.662. The van der Waals surface area contributed by atoms with Crippen molar-refractivity contribution in [3.8, 4) is 22.8 Å². The number of imidazole rings is 1. The minimum absolute atomic E-state index is 0.176. The number of nitrogens with one attached hydrogen (secondary N) is 2. The maximum absolute atomic E-state index is 13.5. The van der Waals surface area contributed by atoms with Crippen LogP contribution < -0.4 is 10.6 Å². The van der Waals surface area contributed by atoms with Gasteiger partial charge in [0.25, 0.3) is 0 Å². The fourth-order valence-electron chi connectivity index (χ4n) is 4.23. The molecule has 0 aliphatic carbocycles. The van der Waals surface area contributed by atoms with E-state index in [2.05, 4.69) is 30.2 Å². The van der Waals surface area contributed by atoms with E-state index in [9.17, 15) is 17.6 Å². The lowest BCUT2D eigenvalue weighted by molar-refractivity contribution is -0.137. The van der Waals surface area contributed by atoms with Crippen LogP contribution in [0.3, 0.4) is 0 Å². The predicted octanol–water partition coefficient (Wildman–Crippen LogP) is 5.83. The molecule has 5 rings (SSSR count). The second kappa shape index (κ2) is 9.46. The molecule has 0 amide bonds. The van der Waals surface area contributed by atoms with Gasteiger partial charge < -0.3 is 15.2 Å². The first-order valence-electron chi connectivity index (χ1n) is 11.2. The summed E-state index contributed by atoms with van der Waals surface area (Å²) in [6.45, 7) is 1.74. The maximum atomic E-state index is 13.5. The highest BCUT2D eigenvalue weighted by Crippen LogP contribution is 2.34. The minimum atomic E-state index is -4.40. The third kappa shape index (κ3) is 5.02. The summed E-state index contributed by atoms with van der Waals surface area (Å²) in [6, 6.07) is 12.9. The van der Waals surface area contributed by atoms with Gasteiger partial charge >= 0.3 is 6.18 Å². The number of nitrogens with zero attached hydrogens (tertiary/aromatic N) is 4. The lowest BCUT2D eigenvalue weighted by Crippen LogP contribution is -2.30. The van der Waals surface area contributed by atoms with Gasteiger partial charge in [0, 0.05) is 23.5 Å². The van der Waals surface area contributed by atoms with E-state index >= 15 is 0 Å². The zero-order chi connectivity index (χ0) is 24.4. The number of aromatic nitrogens is 4. The molecule has 1 aliphatic heterocycles. The van der Waals surface area contributed by atoms with E-state index < -0.39 is 11.7 Å². The number of hydrogen-bond donors (Lipinski definition) is 2. The lowest BCUT2D eigenvalue weighted by atomic mass is 10.0. The molecule has 0 bridgehead atoms. The molecule has 6 nitrogen and oxygen atoms in total. The fraction of sp³-hybridized carbons (Fsp3) is 0.240. The van der Waals surface area contributed by atoms with Crippen molar-refractivity contribution in [1.82, 2.24) is 24.8 Å². The van der Waals surface area contributed by atoms with Gasteiger partial charge in [-0.15, -0.1) is 0 Å². The monoisotopic (exact) mass is 482 g/mol. The summed E-state index contributed by atoms with van der Waals surface area (Å²) in [6.07, 6.45) is 0.736. The number of anilines is 2. The van der Waals surface area contributed by atoms with Crippen molar-refractivity contribution in [2.45, 2.75) is 25.1 Å². The number of hydrogen-bond acceptors (Lipinski definition) is 5. The average molecular weight is 482 g/mol. The first-order valence-corrected chi connectivity index (χ1v) is 11.2. The van der Waals surface area contributed by atoms with Crippen LogP contribution in [0.4, 0.5) is 29.2 Å². The van der Waals surface area contributed by atoms with Crippen LogP contribution in [0.25, 0.3) is 22.8 Å². The standard InChI is InChI=1S/C25H22F4N6/c26-18-5-1-16(2-6-18)23-32-15-22(35(23)20-9-12-30-13-10-20)21-11-14-31-24(34-21)33-19-7-3-17(4-8-19)25(27,28)29/h1-8,11,14-15,20,30H,9-10,12-13H2,(H,31,33,34). The van der Waals surface area contributed by atoms with Crippen molar-refractivity contribution in [3.63, 3.8) is 0 Å². The van der Waals surface area contributed by atoms with Gasteiger partial charge in [0.1, 0.15) is 11.6 Å². The zero-order valence-corrected chi connectivity index (χ0v) is 18.6. The molecular weight excluding hydrogens is 460 g/mol. The molecule has 1 fully saturated rings. The fourth-order valence-corrected chi connectivity index (χ4v) is 4.23. The van der Waals surface area contributed by atoms with Crippen LogP contribution in [-0.4, -0.2) is 32.6 Å². The molecule has 2 aromatic heterocycles. The number of piperidine rings is 1. The molecule has 0 spiro atoms. The molecule has 1 aliphatic rings. The summed E-state index contributed by atoms with van der Waals surface area (Å²) < 4.78 is 54.2. The van der Waals surface area contributed by atoms with Crippen LogP contribution in [0.1, 0.15) is 24.4 Å². The highest BCUT2D eigenvalue weighted by atomic mass is 19.4. The predicted molar refractivity (Wildman–Crippen MR) is 125 cm³/mol. The van der Waals surface area contributed by atoms with Crippen molar-refractivity contribution in [2.75, 3.05) is 18.4 Å². The van der Waals surface area contributed by atoms with Crippen molar-refractivity contribution in [1.29, 1.82) is 0 Å². The lowest BCUT2D eigenvalue weighted by Gasteiger charge is -2.27. The van der Waals surface area contributed by atoms with Crippen LogP contribution in [0.5, 0.6) is 0 Å². The van der Waals surface area contributed by atoms with E-state index in [4.69, 9.17) is 0 Å². The van der Waals surface area contributed by atoms with E-state index in [1.807, 2.05) is 0 Å². The van der Waals surface area contributed by atoms with Gasteiger partial charge in [-0.3, -0.25) is 0 Å². The van der Waals surface area contributed by atoms with Crippen molar-refractivity contribution in [2.24, 2.45) is 0 Å². The van der Waals surface area contributed by atoms with Gasteiger partial charge in [0.2, 0.25) is 5.95 Å². The highest BCUT2D eigenvalue weighted by Gasteiger charge is 2.30. The van der Waals surface area contributed by atoms with Crippen LogP contribution in [0, 0.1) is 5.82 Å². The number of rotatable bonds is 5. The molecule has 3 heterocycles. The van der Waals surface area contributed by atoms with Crippen molar-refractivity contribution >= 4 is 11.6 Å². The normalized spacial score (nSPS) is 14.7. The Kier molecular flexibility index (Phi) is 6.21. The topological polar surface area (TPSA) is 67.7 Å². The Morgan fingerprint density at radius 1 is 0.914 bits per heavy atom. The van der Waals surface area contributed by atoms with Crippen molar-refractivity contribution in [3.05, 3.63) is 78.4 Å². The Balaban J connectivity index is 1.49. The molecule has 0 radical (unpaired) electrons. The Labute approximate surface area is 199 Å². The molecule has 2 N–H and O–H groups in total. The molecular formula is C25H22F4N6. The molecule has 35 heavy (non-hydrogen) atoms. The molecule has 0 unspecified atom stereocenters. The third-order valence-electron chi connectivity index (χ3n) is 5.96. The van der Waals surface area contributed by atoms with Gasteiger partial charge in [0.05, 0.1) is 23.1 Å². The Morgan fingerprint density at radius 2 is 1.63 bits per heavy atom. The van der Waals surface area contributed by atoms with Crippen LogP contribution >= 0.6 is 0 Å². The van der Waals surface area contributed by atoms with Crippen LogP contribution in [0.2, 0.25) is 0 Å². The quantitative estimate of drug-likeness (QED) is 0.350. The smallest absolute Gasteiger partial charge is 0.324 e. The van der Waals surface area contributed by atoms with Gasteiger partial charge in [-0.2, -0.15) is 13.2 Å². The third-order valence-corrected chi connectivity index (χ3v) is 5.96. The van der Waals surface area contributed by atoms with E-state index in [0.717, 1.165) is 55.1 Å². The van der Waals surface area contributed by atoms with E-state index in [0.29, 0.717) is 11.4 Å². The second-order valence-corrected chi connectivity index (χ2v) is 8.29. The maximum Gasteiger partial charge on any atom is 0.416 e. The van der Waals surface area contributed by atoms with Gasteiger partial charge in [-0.1, -0.05) is 0 Å². The van der Waals surface area contributed by atoms with E-state index in [-0.39, 0.29) is 17.8 Å². The van der Waals surface area contributed by atoms with Crippen molar-refractivity contribution < 1.29 is 17.6 Å². The average Bonchev–Trinajstić information content (AvgIpc) is 3.30. The van der Waals surface area contributed by atoms with Gasteiger partial charge in [0.15, 0.2) is 0 Å². The Morgan fingerprint density at radius 3 is 2.31 bits per heavy atom. The number of benzene rings is 2. The van der Waals surface area contributed by atoms with Crippen LogP contribution in [0.15, 0.2) is 67.0 Å². The van der Waals surface area contributed by atoms with Gasteiger partial charge in [-0.05, 0) is 80.5 Å². The Hall–Kier alpha value is -3.79. The van der Waals surface area contributed by atoms with E-state index in [1.165, 1.54) is 24.3 Å².